The number of nitrogens with zero attached hydrogens (tertiary/aromatic N) is 2. The van der Waals surface area contributed by atoms with Crippen LogP contribution in [0.5, 0.6) is 0 Å². The van der Waals surface area contributed by atoms with Gasteiger partial charge in [0, 0.05) is 26.8 Å². The molecule has 1 fully saturated rings. The Morgan fingerprint density at radius 3 is 2.83 bits per heavy atom. The summed E-state index contributed by atoms with van der Waals surface area (Å²) in [6.45, 7) is 2.50. The molecule has 2 rings (SSSR count). The molecule has 1 saturated heterocycles. The largest absolute Gasteiger partial charge is 0.381 e. The quantitative estimate of drug-likeness (QED) is 0.824. The maximum atomic E-state index is 13.1. The van der Waals surface area contributed by atoms with Crippen LogP contribution in [0, 0.1) is 23.1 Å². The molecule has 1 aliphatic heterocycles. The maximum absolute atomic E-state index is 13.1. The van der Waals surface area contributed by atoms with Crippen LogP contribution >= 0.6 is 0 Å². The third-order valence-electron chi connectivity index (χ3n) is 3.36. The first-order valence-corrected chi connectivity index (χ1v) is 6.19. The second kappa shape index (κ2) is 5.83. The molecule has 0 atom stereocenters. The van der Waals surface area contributed by atoms with E-state index in [1.54, 1.807) is 6.07 Å². The van der Waals surface area contributed by atoms with Gasteiger partial charge in [-0.1, -0.05) is 0 Å². The molecule has 3 nitrogen and oxygen atoms in total. The van der Waals surface area contributed by atoms with Gasteiger partial charge in [0.25, 0.3) is 0 Å². The number of rotatable bonds is 3. The summed E-state index contributed by atoms with van der Waals surface area (Å²) in [7, 11) is 1.95. The van der Waals surface area contributed by atoms with Crippen LogP contribution in [-0.2, 0) is 4.74 Å². The molecular weight excluding hydrogens is 231 g/mol. The Morgan fingerprint density at radius 1 is 1.44 bits per heavy atom. The summed E-state index contributed by atoms with van der Waals surface area (Å²) in [5.74, 6) is 0.218. The van der Waals surface area contributed by atoms with Crippen molar-refractivity contribution in [2.24, 2.45) is 5.92 Å². The summed E-state index contributed by atoms with van der Waals surface area (Å²) in [5.41, 5.74) is 1.19. The van der Waals surface area contributed by atoms with E-state index in [0.717, 1.165) is 38.3 Å². The molecule has 4 heteroatoms. The van der Waals surface area contributed by atoms with Crippen molar-refractivity contribution in [2.45, 2.75) is 12.8 Å². The van der Waals surface area contributed by atoms with Gasteiger partial charge in [0.1, 0.15) is 11.9 Å². The van der Waals surface area contributed by atoms with E-state index in [0.29, 0.717) is 11.5 Å². The standard InChI is InChI=1S/C14H17FN2O/c1-17(10-11-4-6-18-7-5-11)14-3-2-13(15)8-12(14)9-16/h2-3,8,11H,4-7,10H2,1H3. The normalized spacial score (nSPS) is 16.3. The summed E-state index contributed by atoms with van der Waals surface area (Å²) in [6.07, 6.45) is 2.10. The van der Waals surface area contributed by atoms with Gasteiger partial charge in [0.2, 0.25) is 0 Å². The predicted molar refractivity (Wildman–Crippen MR) is 67.9 cm³/mol. The fourth-order valence-electron chi connectivity index (χ4n) is 2.35. The van der Waals surface area contributed by atoms with Crippen molar-refractivity contribution < 1.29 is 9.13 Å². The zero-order chi connectivity index (χ0) is 13.0. The lowest BCUT2D eigenvalue weighted by Gasteiger charge is -2.28. The smallest absolute Gasteiger partial charge is 0.124 e. The number of ether oxygens (including phenoxy) is 1. The highest BCUT2D eigenvalue weighted by Gasteiger charge is 2.17. The molecule has 1 aromatic carbocycles. The molecule has 0 unspecified atom stereocenters. The molecular formula is C14H17FN2O. The molecule has 0 bridgehead atoms. The minimum absolute atomic E-state index is 0.366. The van der Waals surface area contributed by atoms with E-state index < -0.39 is 0 Å². The Bertz CT molecular complexity index is 450. The van der Waals surface area contributed by atoms with Crippen LogP contribution in [0.3, 0.4) is 0 Å². The van der Waals surface area contributed by atoms with E-state index in [1.807, 2.05) is 18.0 Å². The molecule has 1 aromatic rings. The zero-order valence-electron chi connectivity index (χ0n) is 10.5. The van der Waals surface area contributed by atoms with Crippen LogP contribution in [-0.4, -0.2) is 26.8 Å². The van der Waals surface area contributed by atoms with Crippen LogP contribution < -0.4 is 4.90 Å². The van der Waals surface area contributed by atoms with Gasteiger partial charge in [-0.25, -0.2) is 4.39 Å². The molecule has 0 aromatic heterocycles. The maximum Gasteiger partial charge on any atom is 0.124 e. The van der Waals surface area contributed by atoms with E-state index in [2.05, 4.69) is 0 Å². The number of halogens is 1. The predicted octanol–water partition coefficient (Wildman–Crippen LogP) is 2.56. The van der Waals surface area contributed by atoms with Crippen molar-refractivity contribution in [1.29, 1.82) is 5.26 Å². The highest BCUT2D eigenvalue weighted by molar-refractivity contribution is 5.58. The fraction of sp³-hybridized carbons (Fsp3) is 0.500. The first-order valence-electron chi connectivity index (χ1n) is 6.19. The molecule has 1 aliphatic rings. The first-order chi connectivity index (χ1) is 8.70. The Morgan fingerprint density at radius 2 is 2.17 bits per heavy atom. The molecule has 0 radical (unpaired) electrons. The van der Waals surface area contributed by atoms with Crippen molar-refractivity contribution in [3.63, 3.8) is 0 Å². The van der Waals surface area contributed by atoms with Gasteiger partial charge in [-0.15, -0.1) is 0 Å². The molecule has 0 saturated carbocycles. The van der Waals surface area contributed by atoms with E-state index in [-0.39, 0.29) is 5.82 Å². The second-order valence-corrected chi connectivity index (χ2v) is 4.71. The van der Waals surface area contributed by atoms with Crippen LogP contribution in [0.15, 0.2) is 18.2 Å². The Labute approximate surface area is 107 Å². The third-order valence-corrected chi connectivity index (χ3v) is 3.36. The van der Waals surface area contributed by atoms with Crippen molar-refractivity contribution >= 4 is 5.69 Å². The summed E-state index contributed by atoms with van der Waals surface area (Å²) in [6, 6.07) is 6.41. The van der Waals surface area contributed by atoms with E-state index in [9.17, 15) is 4.39 Å². The number of nitriles is 1. The number of hydrogen-bond donors (Lipinski definition) is 0. The molecule has 1 heterocycles. The van der Waals surface area contributed by atoms with Gasteiger partial charge < -0.3 is 9.64 Å². The van der Waals surface area contributed by atoms with Crippen LogP contribution in [0.25, 0.3) is 0 Å². The zero-order valence-corrected chi connectivity index (χ0v) is 10.5. The van der Waals surface area contributed by atoms with E-state index in [4.69, 9.17) is 10.00 Å². The first kappa shape index (κ1) is 12.8. The van der Waals surface area contributed by atoms with E-state index >= 15 is 0 Å². The van der Waals surface area contributed by atoms with Gasteiger partial charge in [-0.3, -0.25) is 0 Å². The molecule has 0 aliphatic carbocycles. The number of anilines is 1. The Balaban J connectivity index is 2.08. The molecule has 0 spiro atoms. The molecule has 0 N–H and O–H groups in total. The SMILES string of the molecule is CN(CC1CCOCC1)c1ccc(F)cc1C#N. The van der Waals surface area contributed by atoms with Gasteiger partial charge in [0.15, 0.2) is 0 Å². The van der Waals surface area contributed by atoms with Gasteiger partial charge in [-0.2, -0.15) is 5.26 Å². The second-order valence-electron chi connectivity index (χ2n) is 4.71. The average Bonchev–Trinajstić information content (AvgIpc) is 2.39. The average molecular weight is 248 g/mol. The van der Waals surface area contributed by atoms with E-state index in [1.165, 1.54) is 12.1 Å². The monoisotopic (exact) mass is 248 g/mol. The summed E-state index contributed by atoms with van der Waals surface area (Å²) in [4.78, 5) is 2.04. The lowest BCUT2D eigenvalue weighted by molar-refractivity contribution is 0.0685. The van der Waals surface area contributed by atoms with Crippen LogP contribution in [0.1, 0.15) is 18.4 Å². The van der Waals surface area contributed by atoms with Crippen molar-refractivity contribution in [3.8, 4) is 6.07 Å². The van der Waals surface area contributed by atoms with Gasteiger partial charge in [0.05, 0.1) is 11.3 Å². The highest BCUT2D eigenvalue weighted by atomic mass is 19.1. The number of benzene rings is 1. The van der Waals surface area contributed by atoms with Crippen LogP contribution in [0.2, 0.25) is 0 Å². The topological polar surface area (TPSA) is 36.3 Å². The lowest BCUT2D eigenvalue weighted by Crippen LogP contribution is -2.30. The van der Waals surface area contributed by atoms with Gasteiger partial charge in [-0.05, 0) is 37.0 Å². The number of hydrogen-bond acceptors (Lipinski definition) is 3. The van der Waals surface area contributed by atoms with Crippen molar-refractivity contribution in [2.75, 3.05) is 31.7 Å². The van der Waals surface area contributed by atoms with Crippen LogP contribution in [0.4, 0.5) is 10.1 Å². The third kappa shape index (κ3) is 2.99. The van der Waals surface area contributed by atoms with Crippen molar-refractivity contribution in [1.82, 2.24) is 0 Å². The van der Waals surface area contributed by atoms with Gasteiger partial charge >= 0.3 is 0 Å². The fourth-order valence-corrected chi connectivity index (χ4v) is 2.35. The molecule has 18 heavy (non-hydrogen) atoms. The lowest BCUT2D eigenvalue weighted by atomic mass is 9.99. The summed E-state index contributed by atoms with van der Waals surface area (Å²) in [5, 5.41) is 9.03. The summed E-state index contributed by atoms with van der Waals surface area (Å²) < 4.78 is 18.4. The minimum Gasteiger partial charge on any atom is -0.381 e. The molecule has 96 valence electrons. The Hall–Kier alpha value is -1.60. The Kier molecular flexibility index (Phi) is 4.16. The van der Waals surface area contributed by atoms with Crippen molar-refractivity contribution in [3.05, 3.63) is 29.6 Å². The molecule has 0 amide bonds. The summed E-state index contributed by atoms with van der Waals surface area (Å²) >= 11 is 0. The minimum atomic E-state index is -0.366. The highest BCUT2D eigenvalue weighted by Crippen LogP contribution is 2.23.